The Hall–Kier alpha value is -11.0. The smallest absolute Gasteiger partial charge is 0.261 e. The zero-order valence-electron chi connectivity index (χ0n) is 66.3. The number of para-hydroxylation sites is 4. The lowest BCUT2D eigenvalue weighted by atomic mass is 10.1. The largest absolute Gasteiger partial charge is 0.391 e. The number of nitrogens with one attached hydrogen (secondary N) is 5. The number of fused-ring (bicyclic) bond motifs is 4. The van der Waals surface area contributed by atoms with Gasteiger partial charge in [-0.1, -0.05) is 179 Å². The molecular weight excluding hydrogens is 1510 g/mol. The first-order valence-corrected chi connectivity index (χ1v) is 43.4. The predicted octanol–water partition coefficient (Wildman–Crippen LogP) is 18.4. The van der Waals surface area contributed by atoms with Crippen LogP contribution in [-0.4, -0.2) is 96.1 Å². The number of sulfonamides is 4. The Bertz CT molecular complexity index is 5930. The Kier molecular flexibility index (Phi) is 29.0. The first-order valence-electron chi connectivity index (χ1n) is 37.4. The van der Waals surface area contributed by atoms with Gasteiger partial charge in [0, 0.05) is 71.7 Å². The van der Waals surface area contributed by atoms with Gasteiger partial charge in [0.25, 0.3) is 40.1 Å². The van der Waals surface area contributed by atoms with Crippen LogP contribution in [-0.2, 0) is 75.8 Å². The number of aromatic nitrogens is 4. The minimum absolute atomic E-state index is 0.0246. The van der Waals surface area contributed by atoms with Crippen molar-refractivity contribution in [2.45, 2.75) is 152 Å². The molecule has 0 saturated heterocycles. The zero-order valence-corrected chi connectivity index (χ0v) is 69.5. The molecule has 4 aromatic heterocycles. The van der Waals surface area contributed by atoms with Crippen molar-refractivity contribution >= 4 is 113 Å². The van der Waals surface area contributed by atoms with Gasteiger partial charge in [-0.2, -0.15) is 0 Å². The van der Waals surface area contributed by atoms with E-state index in [9.17, 15) is 33.7 Å². The highest BCUT2D eigenvalue weighted by molar-refractivity contribution is 7.93. The molecule has 0 unspecified atom stereocenters. The van der Waals surface area contributed by atoms with E-state index in [0.717, 1.165) is 92.3 Å². The lowest BCUT2D eigenvalue weighted by molar-refractivity contribution is 0.132. The number of aryl methyl sites for hydroxylation is 5. The summed E-state index contributed by atoms with van der Waals surface area (Å²) in [5.41, 5.74) is 12.7. The quantitative estimate of drug-likeness (QED) is 0.0182. The van der Waals surface area contributed by atoms with Gasteiger partial charge >= 0.3 is 0 Å². The summed E-state index contributed by atoms with van der Waals surface area (Å²) in [5, 5.41) is 10.9. The monoisotopic (exact) mass is 1610 g/mol. The molecule has 594 valence electrons. The van der Waals surface area contributed by atoms with Gasteiger partial charge in [-0.15, -0.1) is 0 Å². The van der Waals surface area contributed by atoms with Gasteiger partial charge < -0.3 is 14.9 Å². The van der Waals surface area contributed by atoms with Crippen molar-refractivity contribution in [3.05, 3.63) is 299 Å². The number of anilines is 4. The molecule has 0 aliphatic carbocycles. The highest BCUT2D eigenvalue weighted by atomic mass is 32.2. The summed E-state index contributed by atoms with van der Waals surface area (Å²) in [6, 6.07) is 75.0. The fourth-order valence-electron chi connectivity index (χ4n) is 12.0. The number of oxime groups is 1. The molecule has 0 amide bonds. The summed E-state index contributed by atoms with van der Waals surface area (Å²) < 4.78 is 118. The van der Waals surface area contributed by atoms with Gasteiger partial charge in [0.2, 0.25) is 0 Å². The van der Waals surface area contributed by atoms with Crippen LogP contribution in [0.25, 0.3) is 43.6 Å². The molecule has 21 nitrogen and oxygen atoms in total. The summed E-state index contributed by atoms with van der Waals surface area (Å²) in [4.78, 5) is 27.3. The standard InChI is InChI=1S/C24H21N3O3S.C23H29N3O2S.C21H25N3O2S.C21H24N2O3S/c1-18-10-14-22(15-11-18)31(28,29)27-23-9-5-8-20-12-13-21(26-24(20)23)16-25-30-17-19-6-3-2-4-7-19;1-16(2)26(17(3)4)15-20-12-11-19-7-6-8-22(23(19)24-20)25-29(27,28)21-13-9-18(5)10-14-21;1-15-8-12-18(13-9-15)27(25,26)24-19-7-5-6-16-10-11-17(23-20(16)19)14-22-21(2,3)4;1-16-9-13-19(14-10-16)27(24,25)23-20-8-5-6-17-11-12-18(22-21(17)20)7-3-4-15-26-2/h2-16,27H,17H2,1H3;6-14,16-17,25H,15H2,1-5H3;5-13,22,24H,14H2,1-4H3;5-6,8-14,23H,3-4,7,15H2,1-2H3/b25-16+;;;. The van der Waals surface area contributed by atoms with Gasteiger partial charge in [-0.25, -0.2) is 48.6 Å². The summed E-state index contributed by atoms with van der Waals surface area (Å²) >= 11 is 0. The van der Waals surface area contributed by atoms with Crippen molar-refractivity contribution in [1.29, 1.82) is 0 Å². The summed E-state index contributed by atoms with van der Waals surface area (Å²) in [6.45, 7) is 25.0. The number of unbranched alkanes of at least 4 members (excludes halogenated alkanes) is 1. The number of benzene rings is 9. The van der Waals surface area contributed by atoms with Crippen LogP contribution in [0.5, 0.6) is 0 Å². The van der Waals surface area contributed by atoms with Crippen LogP contribution >= 0.6 is 0 Å². The SMILES string of the molecule is COCCCCc1ccc2cccc(NS(=O)(=O)c3ccc(C)cc3)c2n1.Cc1ccc(S(=O)(=O)Nc2cccc3ccc(/C=N/OCc4ccccc4)nc23)cc1.Cc1ccc(S(=O)(=O)Nc2cccc3ccc(CN(C(C)C)C(C)C)nc23)cc1.Cc1ccc(S(=O)(=O)Nc2cccc3ccc(CNC(C)(C)C)nc23)cc1. The maximum atomic E-state index is 12.9. The van der Waals surface area contributed by atoms with Gasteiger partial charge in [-0.05, 0) is 198 Å². The van der Waals surface area contributed by atoms with E-state index in [4.69, 9.17) is 19.5 Å². The van der Waals surface area contributed by atoms with Crippen LogP contribution in [0.1, 0.15) is 112 Å². The number of pyridine rings is 4. The topological polar surface area (TPSA) is 282 Å². The fraction of sp³-hybridized carbons (Fsp3) is 0.247. The molecule has 13 aromatic rings. The molecule has 0 saturated carbocycles. The van der Waals surface area contributed by atoms with E-state index in [0.29, 0.717) is 82.3 Å². The zero-order chi connectivity index (χ0) is 81.8. The molecule has 5 N–H and O–H groups in total. The van der Waals surface area contributed by atoms with E-state index in [1.54, 1.807) is 141 Å². The van der Waals surface area contributed by atoms with Crippen LogP contribution in [0.3, 0.4) is 0 Å². The maximum absolute atomic E-state index is 12.9. The minimum Gasteiger partial charge on any atom is -0.391 e. The van der Waals surface area contributed by atoms with Crippen molar-refractivity contribution in [1.82, 2.24) is 30.2 Å². The number of methoxy groups -OCH3 is 1. The van der Waals surface area contributed by atoms with E-state index in [1.165, 1.54) is 6.21 Å². The highest BCUT2D eigenvalue weighted by Crippen LogP contribution is 2.31. The van der Waals surface area contributed by atoms with Crippen molar-refractivity contribution in [3.63, 3.8) is 0 Å². The highest BCUT2D eigenvalue weighted by Gasteiger charge is 2.23. The van der Waals surface area contributed by atoms with E-state index in [2.05, 4.69) is 92.7 Å². The van der Waals surface area contributed by atoms with Crippen molar-refractivity contribution in [2.75, 3.05) is 32.6 Å². The second-order valence-electron chi connectivity index (χ2n) is 29.2. The molecule has 25 heteroatoms. The first kappa shape index (κ1) is 85.4. The minimum atomic E-state index is -3.73. The molecule has 114 heavy (non-hydrogen) atoms. The van der Waals surface area contributed by atoms with E-state index < -0.39 is 40.1 Å². The van der Waals surface area contributed by atoms with Gasteiger partial charge in [0.15, 0.2) is 0 Å². The number of rotatable bonds is 27. The fourth-order valence-corrected chi connectivity index (χ4v) is 16.2. The van der Waals surface area contributed by atoms with Gasteiger partial charge in [-0.3, -0.25) is 28.8 Å². The van der Waals surface area contributed by atoms with Crippen LogP contribution in [0, 0.1) is 27.7 Å². The van der Waals surface area contributed by atoms with Crippen LogP contribution in [0.4, 0.5) is 22.7 Å². The summed E-state index contributed by atoms with van der Waals surface area (Å²) in [5.74, 6) is 0. The number of nitrogens with zero attached hydrogens (tertiary/aromatic N) is 6. The second kappa shape index (κ2) is 38.7. The maximum Gasteiger partial charge on any atom is 0.261 e. The molecule has 0 aliphatic heterocycles. The molecule has 4 heterocycles. The van der Waals surface area contributed by atoms with Gasteiger partial charge in [0.05, 0.1) is 87.7 Å². The molecule has 0 atom stereocenters. The predicted molar refractivity (Wildman–Crippen MR) is 461 cm³/mol. The number of hydrogen-bond donors (Lipinski definition) is 5. The molecule has 0 radical (unpaired) electrons. The Labute approximate surface area is 671 Å². The Morgan fingerprint density at radius 2 is 0.754 bits per heavy atom. The third kappa shape index (κ3) is 24.3. The van der Waals surface area contributed by atoms with E-state index in [1.807, 2.05) is 143 Å². The molecule has 0 spiro atoms. The van der Waals surface area contributed by atoms with Crippen molar-refractivity contribution in [3.8, 4) is 0 Å². The molecule has 0 aliphatic rings. The lowest BCUT2D eigenvalue weighted by Gasteiger charge is -2.30. The van der Waals surface area contributed by atoms with E-state index >= 15 is 0 Å². The van der Waals surface area contributed by atoms with Crippen LogP contribution < -0.4 is 24.2 Å². The first-order chi connectivity index (χ1) is 54.3. The lowest BCUT2D eigenvalue weighted by Crippen LogP contribution is -2.36. The molecule has 13 rings (SSSR count). The third-order valence-electron chi connectivity index (χ3n) is 18.2. The number of hydrogen-bond acceptors (Lipinski definition) is 17. The van der Waals surface area contributed by atoms with Crippen LogP contribution in [0.15, 0.2) is 273 Å². The third-order valence-corrected chi connectivity index (χ3v) is 23.7. The van der Waals surface area contributed by atoms with Crippen LogP contribution in [0.2, 0.25) is 0 Å². The Morgan fingerprint density at radius 3 is 1.13 bits per heavy atom. The Balaban J connectivity index is 0.000000161. The summed E-state index contributed by atoms with van der Waals surface area (Å²) in [6.07, 6.45) is 4.29. The normalized spacial score (nSPS) is 12.0. The van der Waals surface area contributed by atoms with Crippen molar-refractivity contribution in [2.24, 2.45) is 5.16 Å². The van der Waals surface area contributed by atoms with E-state index in [-0.39, 0.29) is 25.1 Å². The molecule has 0 fully saturated rings. The second-order valence-corrected chi connectivity index (χ2v) is 36.0. The number of ether oxygens (including phenoxy) is 1. The molecule has 0 bridgehead atoms. The van der Waals surface area contributed by atoms with Gasteiger partial charge in [0.1, 0.15) is 6.61 Å². The molecular formula is C89H99N11O10S4. The molecule has 9 aromatic carbocycles. The average Bonchev–Trinajstić information content (AvgIpc) is 0.812. The summed E-state index contributed by atoms with van der Waals surface area (Å²) in [7, 11) is -13.1. The Morgan fingerprint density at radius 1 is 0.404 bits per heavy atom. The average molecular weight is 1610 g/mol. The van der Waals surface area contributed by atoms with Crippen molar-refractivity contribution < 1.29 is 43.2 Å².